The van der Waals surface area contributed by atoms with Gasteiger partial charge in [-0.05, 0) is 50.5 Å². The Morgan fingerprint density at radius 2 is 1.92 bits per heavy atom. The van der Waals surface area contributed by atoms with Crippen LogP contribution in [0.1, 0.15) is 45.4 Å². The largest absolute Gasteiger partial charge is 0.382 e. The smallest absolute Gasteiger partial charge is 0.246 e. The highest BCUT2D eigenvalue weighted by Crippen LogP contribution is 2.55. The molecule has 3 aliphatic heterocycles. The lowest BCUT2D eigenvalue weighted by Crippen LogP contribution is -2.56. The Hall–Kier alpha value is -2.42. The summed E-state index contributed by atoms with van der Waals surface area (Å²) in [4.78, 5) is 42.6. The van der Waals surface area contributed by atoms with Crippen LogP contribution in [0.15, 0.2) is 36.4 Å². The van der Waals surface area contributed by atoms with Crippen LogP contribution < -0.4 is 10.6 Å². The molecule has 2 saturated heterocycles. The summed E-state index contributed by atoms with van der Waals surface area (Å²) in [5.74, 6) is -2.18. The van der Waals surface area contributed by atoms with E-state index >= 15 is 0 Å². The number of carbonyl (C=O) groups is 3. The maximum Gasteiger partial charge on any atom is 0.246 e. The zero-order valence-electron chi connectivity index (χ0n) is 20.6. The molecule has 36 heavy (non-hydrogen) atoms. The molecular weight excluding hydrogens is 482 g/mol. The summed E-state index contributed by atoms with van der Waals surface area (Å²) in [7, 11) is 0. The summed E-state index contributed by atoms with van der Waals surface area (Å²) in [6.07, 6.45) is 8.98. The molecule has 2 N–H and O–H groups in total. The van der Waals surface area contributed by atoms with E-state index in [0.717, 1.165) is 25.7 Å². The van der Waals surface area contributed by atoms with E-state index in [1.165, 1.54) is 6.42 Å². The number of ether oxygens (including phenoxy) is 2. The topological polar surface area (TPSA) is 97.0 Å². The molecule has 3 amide bonds. The predicted molar refractivity (Wildman–Crippen MR) is 135 cm³/mol. The number of hydrogen-bond donors (Lipinski definition) is 2. The Kier molecular flexibility index (Phi) is 7.37. The van der Waals surface area contributed by atoms with Crippen LogP contribution in [0, 0.1) is 11.8 Å². The predicted octanol–water partition coefficient (Wildman–Crippen LogP) is 3.30. The van der Waals surface area contributed by atoms with Crippen LogP contribution >= 0.6 is 11.6 Å². The van der Waals surface area contributed by atoms with Gasteiger partial charge in [-0.2, -0.15) is 0 Å². The first-order valence-corrected chi connectivity index (χ1v) is 13.4. The first-order valence-electron chi connectivity index (χ1n) is 13.1. The zero-order chi connectivity index (χ0) is 25.3. The second-order valence-corrected chi connectivity index (χ2v) is 10.6. The number of amides is 3. The average Bonchev–Trinajstić information content (AvgIpc) is 3.51. The first kappa shape index (κ1) is 25.2. The van der Waals surface area contributed by atoms with Crippen LogP contribution in [0.5, 0.6) is 0 Å². The number of rotatable bonds is 9. The molecule has 5 rings (SSSR count). The van der Waals surface area contributed by atoms with Crippen LogP contribution in [-0.2, 0) is 23.9 Å². The van der Waals surface area contributed by atoms with Crippen molar-refractivity contribution in [2.24, 2.45) is 11.8 Å². The van der Waals surface area contributed by atoms with E-state index in [1.54, 1.807) is 29.2 Å². The van der Waals surface area contributed by atoms with Crippen molar-refractivity contribution in [3.63, 3.8) is 0 Å². The third-order valence-electron chi connectivity index (χ3n) is 7.88. The lowest BCUT2D eigenvalue weighted by molar-refractivity contribution is -0.141. The van der Waals surface area contributed by atoms with Crippen LogP contribution in [0.25, 0.3) is 0 Å². The zero-order valence-corrected chi connectivity index (χ0v) is 21.3. The molecule has 9 heteroatoms. The molecule has 1 spiro atoms. The molecule has 8 nitrogen and oxygen atoms in total. The molecule has 0 radical (unpaired) electrons. The van der Waals surface area contributed by atoms with Crippen molar-refractivity contribution in [1.82, 2.24) is 10.2 Å². The molecule has 4 aliphatic rings. The number of carbonyl (C=O) groups excluding carboxylic acids is 3. The minimum atomic E-state index is -1.14. The second-order valence-electron chi connectivity index (χ2n) is 10.1. The molecule has 2 bridgehead atoms. The lowest BCUT2D eigenvalue weighted by Gasteiger charge is -2.34. The number of fused-ring (bicyclic) bond motifs is 1. The van der Waals surface area contributed by atoms with Crippen molar-refractivity contribution in [1.29, 1.82) is 0 Å². The Labute approximate surface area is 216 Å². The Morgan fingerprint density at radius 3 is 2.64 bits per heavy atom. The SMILES string of the molecule is CCOCCCN1C(=O)[C@H]2[C@H](C(=O)Nc3ccc(Cl)cc3)[C@H]3C=C[C@@]2(O3)[C@H]1C(=O)NC1CCCCC1. The van der Waals surface area contributed by atoms with E-state index in [4.69, 9.17) is 21.1 Å². The minimum Gasteiger partial charge on any atom is -0.382 e. The monoisotopic (exact) mass is 515 g/mol. The summed E-state index contributed by atoms with van der Waals surface area (Å²) in [5, 5.41) is 6.68. The highest BCUT2D eigenvalue weighted by atomic mass is 35.5. The Morgan fingerprint density at radius 1 is 1.17 bits per heavy atom. The van der Waals surface area contributed by atoms with Gasteiger partial charge >= 0.3 is 0 Å². The third kappa shape index (κ3) is 4.55. The molecular formula is C27H34ClN3O5. The minimum absolute atomic E-state index is 0.105. The van der Waals surface area contributed by atoms with Crippen molar-refractivity contribution in [2.45, 2.75) is 69.2 Å². The molecule has 3 fully saturated rings. The number of halogens is 1. The van der Waals surface area contributed by atoms with E-state index in [0.29, 0.717) is 36.9 Å². The number of hydrogen-bond acceptors (Lipinski definition) is 5. The molecule has 0 unspecified atom stereocenters. The third-order valence-corrected chi connectivity index (χ3v) is 8.13. The van der Waals surface area contributed by atoms with Gasteiger partial charge < -0.3 is 25.0 Å². The van der Waals surface area contributed by atoms with Gasteiger partial charge in [-0.3, -0.25) is 14.4 Å². The number of benzene rings is 1. The van der Waals surface area contributed by atoms with Gasteiger partial charge in [0.25, 0.3) is 0 Å². The van der Waals surface area contributed by atoms with Gasteiger partial charge in [-0.15, -0.1) is 0 Å². The van der Waals surface area contributed by atoms with Crippen LogP contribution in [0.2, 0.25) is 5.02 Å². The summed E-state index contributed by atoms with van der Waals surface area (Å²) in [6.45, 7) is 3.38. The second kappa shape index (κ2) is 10.5. The van der Waals surface area contributed by atoms with Crippen molar-refractivity contribution >= 4 is 35.0 Å². The van der Waals surface area contributed by atoms with Crippen LogP contribution in [-0.4, -0.2) is 66.2 Å². The summed E-state index contributed by atoms with van der Waals surface area (Å²) in [5.41, 5.74) is -0.551. The van der Waals surface area contributed by atoms with Crippen molar-refractivity contribution in [2.75, 3.05) is 25.1 Å². The van der Waals surface area contributed by atoms with E-state index in [-0.39, 0.29) is 23.8 Å². The van der Waals surface area contributed by atoms with Crippen molar-refractivity contribution in [3.8, 4) is 0 Å². The maximum atomic E-state index is 13.8. The fourth-order valence-electron chi connectivity index (χ4n) is 6.27. The molecule has 194 valence electrons. The molecule has 3 heterocycles. The molecule has 0 aromatic heterocycles. The van der Waals surface area contributed by atoms with E-state index in [2.05, 4.69) is 10.6 Å². The van der Waals surface area contributed by atoms with E-state index in [1.807, 2.05) is 19.1 Å². The quantitative estimate of drug-likeness (QED) is 0.388. The van der Waals surface area contributed by atoms with Crippen molar-refractivity contribution in [3.05, 3.63) is 41.4 Å². The van der Waals surface area contributed by atoms with Crippen molar-refractivity contribution < 1.29 is 23.9 Å². The number of nitrogens with one attached hydrogen (secondary N) is 2. The van der Waals surface area contributed by atoms with Gasteiger partial charge in [-0.1, -0.05) is 43.0 Å². The molecule has 5 atom stereocenters. The Balaban J connectivity index is 1.40. The van der Waals surface area contributed by atoms with Gasteiger partial charge in [0.15, 0.2) is 0 Å². The average molecular weight is 516 g/mol. The number of nitrogens with zero attached hydrogens (tertiary/aromatic N) is 1. The molecule has 1 aromatic rings. The first-order chi connectivity index (χ1) is 17.4. The standard InChI is InChI=1S/C27H34ClN3O5/c1-2-35-16-6-15-31-23(25(33)30-18-7-4-3-5-8-18)27-14-13-20(36-27)21(22(27)26(31)34)24(32)29-19-11-9-17(28)10-12-19/h9-14,18,20-23H,2-8,15-16H2,1H3,(H,29,32)(H,30,33)/t20-,21-,22-,23-,27+/m1/s1. The maximum absolute atomic E-state index is 13.8. The lowest BCUT2D eigenvalue weighted by atomic mass is 9.74. The molecule has 1 saturated carbocycles. The van der Waals surface area contributed by atoms with Gasteiger partial charge in [0.2, 0.25) is 17.7 Å². The normalized spacial score (nSPS) is 31.1. The van der Waals surface area contributed by atoms with Crippen LogP contribution in [0.4, 0.5) is 5.69 Å². The summed E-state index contributed by atoms with van der Waals surface area (Å²) >= 11 is 5.97. The summed E-state index contributed by atoms with van der Waals surface area (Å²) < 4.78 is 11.9. The highest BCUT2D eigenvalue weighted by Gasteiger charge is 2.72. The Bertz CT molecular complexity index is 1020. The van der Waals surface area contributed by atoms with Gasteiger partial charge in [-0.25, -0.2) is 0 Å². The fourth-order valence-corrected chi connectivity index (χ4v) is 6.40. The molecule has 1 aromatic carbocycles. The van der Waals surface area contributed by atoms with Gasteiger partial charge in [0, 0.05) is 36.5 Å². The van der Waals surface area contributed by atoms with Gasteiger partial charge in [0.1, 0.15) is 11.6 Å². The fraction of sp³-hybridized carbons (Fsp3) is 0.593. The summed E-state index contributed by atoms with van der Waals surface area (Å²) in [6, 6.07) is 6.12. The van der Waals surface area contributed by atoms with Crippen LogP contribution in [0.3, 0.4) is 0 Å². The van der Waals surface area contributed by atoms with E-state index in [9.17, 15) is 14.4 Å². The van der Waals surface area contributed by atoms with E-state index < -0.39 is 29.6 Å². The molecule has 1 aliphatic carbocycles. The number of anilines is 1. The number of likely N-dealkylation sites (tertiary alicyclic amines) is 1. The van der Waals surface area contributed by atoms with Gasteiger partial charge in [0.05, 0.1) is 17.9 Å². The highest BCUT2D eigenvalue weighted by molar-refractivity contribution is 6.30.